The van der Waals surface area contributed by atoms with E-state index >= 15 is 0 Å². The van der Waals surface area contributed by atoms with Crippen molar-refractivity contribution in [2.24, 2.45) is 23.7 Å². The van der Waals surface area contributed by atoms with E-state index in [0.29, 0.717) is 18.4 Å². The Hall–Kier alpha value is -1.14. The number of hydrogen-bond acceptors (Lipinski definition) is 4. The van der Waals surface area contributed by atoms with Gasteiger partial charge in [-0.2, -0.15) is 0 Å². The van der Waals surface area contributed by atoms with E-state index in [4.69, 9.17) is 0 Å². The Balaban J connectivity index is 1.52. The van der Waals surface area contributed by atoms with Crippen LogP contribution in [0.4, 0.5) is 0 Å². The van der Waals surface area contributed by atoms with Crippen molar-refractivity contribution in [2.45, 2.75) is 46.1 Å². The lowest BCUT2D eigenvalue weighted by atomic mass is 9.83. The van der Waals surface area contributed by atoms with E-state index in [-0.39, 0.29) is 17.9 Å². The number of piperazine rings is 1. The highest BCUT2D eigenvalue weighted by atomic mass is 16.2. The van der Waals surface area contributed by atoms with Gasteiger partial charge in [0.25, 0.3) is 0 Å². The third-order valence-corrected chi connectivity index (χ3v) is 7.64. The quantitative estimate of drug-likeness (QED) is 0.689. The molecule has 2 amide bonds. The van der Waals surface area contributed by atoms with E-state index in [1.165, 1.54) is 13.1 Å². The Labute approximate surface area is 171 Å². The van der Waals surface area contributed by atoms with E-state index in [1.807, 2.05) is 23.9 Å². The zero-order valence-electron chi connectivity index (χ0n) is 18.6. The molecule has 3 saturated heterocycles. The molecule has 1 unspecified atom stereocenters. The van der Waals surface area contributed by atoms with E-state index in [9.17, 15) is 9.59 Å². The molecule has 0 spiro atoms. The fraction of sp³-hybridized carbons (Fsp3) is 0.909. The van der Waals surface area contributed by atoms with Gasteiger partial charge in [-0.3, -0.25) is 14.5 Å². The summed E-state index contributed by atoms with van der Waals surface area (Å²) < 4.78 is 0. The molecule has 160 valence electrons. The Morgan fingerprint density at radius 2 is 1.50 bits per heavy atom. The molecule has 3 fully saturated rings. The number of amides is 2. The van der Waals surface area contributed by atoms with Crippen molar-refractivity contribution in [2.75, 3.05) is 59.9 Å². The molecule has 0 bridgehead atoms. The second kappa shape index (κ2) is 9.12. The van der Waals surface area contributed by atoms with Crippen LogP contribution in [0.2, 0.25) is 0 Å². The van der Waals surface area contributed by atoms with Crippen molar-refractivity contribution < 1.29 is 9.59 Å². The van der Waals surface area contributed by atoms with Crippen molar-refractivity contribution in [3.8, 4) is 0 Å². The molecule has 0 radical (unpaired) electrons. The molecule has 0 aromatic carbocycles. The van der Waals surface area contributed by atoms with Crippen LogP contribution in [0.5, 0.6) is 0 Å². The molecule has 3 heterocycles. The minimum absolute atomic E-state index is 0.0862. The number of carbonyl (C=O) groups is 2. The molecule has 6 heteroatoms. The molecule has 0 N–H and O–H groups in total. The maximum absolute atomic E-state index is 13.2. The van der Waals surface area contributed by atoms with E-state index in [2.05, 4.69) is 30.6 Å². The largest absolute Gasteiger partial charge is 0.343 e. The zero-order valence-corrected chi connectivity index (χ0v) is 18.6. The highest BCUT2D eigenvalue weighted by Gasteiger charge is 2.37. The van der Waals surface area contributed by atoms with Gasteiger partial charge in [-0.15, -0.1) is 0 Å². The normalized spacial score (nSPS) is 35.8. The van der Waals surface area contributed by atoms with E-state index in [1.54, 1.807) is 0 Å². The highest BCUT2D eigenvalue weighted by molar-refractivity contribution is 5.83. The second-order valence-corrected chi connectivity index (χ2v) is 9.75. The van der Waals surface area contributed by atoms with Crippen molar-refractivity contribution in [1.29, 1.82) is 0 Å². The molecule has 3 aliphatic heterocycles. The summed E-state index contributed by atoms with van der Waals surface area (Å²) in [6.07, 6.45) is 2.80. The third kappa shape index (κ3) is 4.70. The van der Waals surface area contributed by atoms with Crippen LogP contribution in [0.3, 0.4) is 0 Å². The molecule has 0 saturated carbocycles. The Bertz CT molecular complexity index is 559. The average molecular weight is 393 g/mol. The molecule has 0 aliphatic carbocycles. The fourth-order valence-corrected chi connectivity index (χ4v) is 5.17. The van der Waals surface area contributed by atoms with Crippen LogP contribution in [-0.4, -0.2) is 97.4 Å². The molecular weight excluding hydrogens is 352 g/mol. The van der Waals surface area contributed by atoms with Crippen LogP contribution in [0.25, 0.3) is 0 Å². The molecule has 6 nitrogen and oxygen atoms in total. The molecule has 0 aromatic rings. The number of hydrogen-bond donors (Lipinski definition) is 0. The van der Waals surface area contributed by atoms with Gasteiger partial charge in [-0.1, -0.05) is 20.8 Å². The van der Waals surface area contributed by atoms with Crippen LogP contribution in [-0.2, 0) is 9.59 Å². The van der Waals surface area contributed by atoms with Gasteiger partial charge in [0.2, 0.25) is 11.8 Å². The first-order chi connectivity index (χ1) is 13.3. The molecular formula is C22H40N4O2. The SMILES string of the molecule is C[C@@H]1CCN(CC[C@H]2C(=O)N(C)CCN2C)C(=O)C1CCN1C[C@@H](C)[C@@H](C)C1. The Morgan fingerprint density at radius 3 is 2.18 bits per heavy atom. The molecule has 3 rings (SSSR count). The standard InChI is InChI=1S/C22H40N4O2/c1-16-6-10-26(11-8-20-22(28)24(5)13-12-23(20)4)21(27)19(16)7-9-25-14-17(2)18(3)15-25/h16-20H,6-15H2,1-5H3/t16-,17-,18+,19?,20+/m1/s1. The van der Waals surface area contributed by atoms with Gasteiger partial charge in [0.1, 0.15) is 0 Å². The lowest BCUT2D eigenvalue weighted by molar-refractivity contribution is -0.144. The summed E-state index contributed by atoms with van der Waals surface area (Å²) in [6, 6.07) is -0.0862. The first-order valence-corrected chi connectivity index (χ1v) is 11.2. The predicted molar refractivity (Wildman–Crippen MR) is 112 cm³/mol. The van der Waals surface area contributed by atoms with Gasteiger partial charge >= 0.3 is 0 Å². The monoisotopic (exact) mass is 392 g/mol. The summed E-state index contributed by atoms with van der Waals surface area (Å²) in [5.74, 6) is 2.64. The lowest BCUT2D eigenvalue weighted by Crippen LogP contribution is -2.55. The van der Waals surface area contributed by atoms with Crippen molar-refractivity contribution >= 4 is 11.8 Å². The van der Waals surface area contributed by atoms with E-state index < -0.39 is 0 Å². The van der Waals surface area contributed by atoms with Crippen molar-refractivity contribution in [3.63, 3.8) is 0 Å². The first-order valence-electron chi connectivity index (χ1n) is 11.2. The average Bonchev–Trinajstić information content (AvgIpc) is 2.97. The maximum Gasteiger partial charge on any atom is 0.239 e. The first kappa shape index (κ1) is 21.6. The van der Waals surface area contributed by atoms with Crippen molar-refractivity contribution in [3.05, 3.63) is 0 Å². The number of piperidine rings is 1. The van der Waals surface area contributed by atoms with Gasteiger partial charge in [0.15, 0.2) is 0 Å². The second-order valence-electron chi connectivity index (χ2n) is 9.75. The molecule has 5 atom stereocenters. The third-order valence-electron chi connectivity index (χ3n) is 7.64. The molecule has 3 aliphatic rings. The maximum atomic E-state index is 13.2. The smallest absolute Gasteiger partial charge is 0.239 e. The van der Waals surface area contributed by atoms with Gasteiger partial charge in [0.05, 0.1) is 6.04 Å². The minimum Gasteiger partial charge on any atom is -0.343 e. The lowest BCUT2D eigenvalue weighted by Gasteiger charge is -2.40. The number of carbonyl (C=O) groups excluding carboxylic acids is 2. The summed E-state index contributed by atoms with van der Waals surface area (Å²) >= 11 is 0. The van der Waals surface area contributed by atoms with Crippen LogP contribution < -0.4 is 0 Å². The molecule has 28 heavy (non-hydrogen) atoms. The van der Waals surface area contributed by atoms with Gasteiger partial charge in [-0.25, -0.2) is 0 Å². The van der Waals surface area contributed by atoms with E-state index in [0.717, 1.165) is 57.3 Å². The van der Waals surface area contributed by atoms with Crippen LogP contribution in [0.15, 0.2) is 0 Å². The van der Waals surface area contributed by atoms with Crippen LogP contribution >= 0.6 is 0 Å². The summed E-state index contributed by atoms with van der Waals surface area (Å²) in [7, 11) is 3.91. The van der Waals surface area contributed by atoms with Gasteiger partial charge < -0.3 is 14.7 Å². The molecule has 0 aromatic heterocycles. The van der Waals surface area contributed by atoms with Crippen LogP contribution in [0, 0.1) is 23.7 Å². The highest BCUT2D eigenvalue weighted by Crippen LogP contribution is 2.29. The Morgan fingerprint density at radius 1 is 0.821 bits per heavy atom. The van der Waals surface area contributed by atoms with Gasteiger partial charge in [-0.05, 0) is 50.6 Å². The minimum atomic E-state index is -0.0862. The number of nitrogens with zero attached hydrogens (tertiary/aromatic N) is 4. The fourth-order valence-electron chi connectivity index (χ4n) is 5.17. The topological polar surface area (TPSA) is 47.1 Å². The summed E-state index contributed by atoms with van der Waals surface area (Å²) in [4.78, 5) is 34.2. The Kier molecular flexibility index (Phi) is 7.02. The number of rotatable bonds is 6. The number of likely N-dealkylation sites (tertiary alicyclic amines) is 2. The van der Waals surface area contributed by atoms with Crippen molar-refractivity contribution in [1.82, 2.24) is 19.6 Å². The number of likely N-dealkylation sites (N-methyl/N-ethyl adjacent to an activating group) is 2. The predicted octanol–water partition coefficient (Wildman–Crippen LogP) is 1.61. The summed E-state index contributed by atoms with van der Waals surface area (Å²) in [6.45, 7) is 13.5. The summed E-state index contributed by atoms with van der Waals surface area (Å²) in [5.41, 5.74) is 0. The zero-order chi connectivity index (χ0) is 20.4. The summed E-state index contributed by atoms with van der Waals surface area (Å²) in [5, 5.41) is 0. The van der Waals surface area contributed by atoms with Crippen LogP contribution in [0.1, 0.15) is 40.0 Å². The van der Waals surface area contributed by atoms with Gasteiger partial charge in [0, 0.05) is 52.2 Å².